The van der Waals surface area contributed by atoms with Crippen LogP contribution in [0.2, 0.25) is 5.02 Å². The van der Waals surface area contributed by atoms with Crippen LogP contribution in [0, 0.1) is 5.82 Å². The average molecular weight is 260 g/mol. The van der Waals surface area contributed by atoms with Crippen molar-refractivity contribution < 1.29 is 4.39 Å². The molecule has 0 N–H and O–H groups in total. The van der Waals surface area contributed by atoms with Gasteiger partial charge >= 0.3 is 0 Å². The number of halogens is 2. The Kier molecular flexibility index (Phi) is 2.80. The van der Waals surface area contributed by atoms with Gasteiger partial charge in [0.2, 0.25) is 0 Å². The van der Waals surface area contributed by atoms with E-state index in [1.807, 2.05) is 18.3 Å². The molecule has 0 aliphatic heterocycles. The Morgan fingerprint density at radius 1 is 1.06 bits per heavy atom. The van der Waals surface area contributed by atoms with Gasteiger partial charge in [-0.2, -0.15) is 0 Å². The van der Waals surface area contributed by atoms with Gasteiger partial charge in [-0.05, 0) is 35.2 Å². The minimum absolute atomic E-state index is 0.170. The SMILES string of the molecule is Fc1ccc(Cn2ccc3ccccc32)cc1Cl. The Balaban J connectivity index is 1.98. The number of nitrogens with zero attached hydrogens (tertiary/aromatic N) is 1. The summed E-state index contributed by atoms with van der Waals surface area (Å²) in [5.41, 5.74) is 2.15. The maximum Gasteiger partial charge on any atom is 0.141 e. The summed E-state index contributed by atoms with van der Waals surface area (Å²) in [4.78, 5) is 0. The first kappa shape index (κ1) is 11.3. The third-order valence-corrected chi connectivity index (χ3v) is 3.31. The molecule has 0 radical (unpaired) electrons. The first-order chi connectivity index (χ1) is 8.74. The molecule has 90 valence electrons. The maximum absolute atomic E-state index is 13.1. The molecule has 2 aromatic carbocycles. The van der Waals surface area contributed by atoms with Crippen LogP contribution in [0.3, 0.4) is 0 Å². The van der Waals surface area contributed by atoms with Crippen molar-refractivity contribution in [1.82, 2.24) is 4.57 Å². The van der Waals surface area contributed by atoms with E-state index in [1.54, 1.807) is 12.1 Å². The number of aromatic nitrogens is 1. The lowest BCUT2D eigenvalue weighted by atomic mass is 10.2. The van der Waals surface area contributed by atoms with E-state index in [9.17, 15) is 4.39 Å². The minimum atomic E-state index is -0.377. The van der Waals surface area contributed by atoms with E-state index in [2.05, 4.69) is 22.8 Å². The highest BCUT2D eigenvalue weighted by Crippen LogP contribution is 2.20. The molecular weight excluding hydrogens is 249 g/mol. The van der Waals surface area contributed by atoms with E-state index in [0.717, 1.165) is 11.1 Å². The van der Waals surface area contributed by atoms with Crippen LogP contribution in [-0.4, -0.2) is 4.57 Å². The van der Waals surface area contributed by atoms with E-state index >= 15 is 0 Å². The fraction of sp³-hybridized carbons (Fsp3) is 0.0667. The van der Waals surface area contributed by atoms with Crippen molar-refractivity contribution in [3.63, 3.8) is 0 Å². The lowest BCUT2D eigenvalue weighted by molar-refractivity contribution is 0.627. The molecule has 0 aliphatic rings. The zero-order chi connectivity index (χ0) is 12.5. The number of rotatable bonds is 2. The summed E-state index contributed by atoms with van der Waals surface area (Å²) in [6, 6.07) is 15.1. The summed E-state index contributed by atoms with van der Waals surface area (Å²) in [6.45, 7) is 0.688. The Labute approximate surface area is 109 Å². The zero-order valence-corrected chi connectivity index (χ0v) is 10.4. The van der Waals surface area contributed by atoms with Crippen molar-refractivity contribution in [2.75, 3.05) is 0 Å². The van der Waals surface area contributed by atoms with Gasteiger partial charge in [-0.25, -0.2) is 4.39 Å². The van der Waals surface area contributed by atoms with Gasteiger partial charge in [-0.15, -0.1) is 0 Å². The number of hydrogen-bond acceptors (Lipinski definition) is 0. The van der Waals surface area contributed by atoms with Crippen LogP contribution in [-0.2, 0) is 6.54 Å². The van der Waals surface area contributed by atoms with Gasteiger partial charge in [0, 0.05) is 18.3 Å². The first-order valence-corrected chi connectivity index (χ1v) is 6.09. The molecule has 3 rings (SSSR count). The van der Waals surface area contributed by atoms with E-state index in [-0.39, 0.29) is 10.8 Å². The minimum Gasteiger partial charge on any atom is -0.343 e. The van der Waals surface area contributed by atoms with Crippen LogP contribution >= 0.6 is 11.6 Å². The van der Waals surface area contributed by atoms with Crippen LogP contribution in [0.5, 0.6) is 0 Å². The molecule has 18 heavy (non-hydrogen) atoms. The first-order valence-electron chi connectivity index (χ1n) is 5.72. The smallest absolute Gasteiger partial charge is 0.141 e. The molecule has 1 heterocycles. The normalized spacial score (nSPS) is 11.0. The summed E-state index contributed by atoms with van der Waals surface area (Å²) in [5, 5.41) is 1.37. The monoisotopic (exact) mass is 259 g/mol. The molecule has 3 aromatic rings. The van der Waals surface area contributed by atoms with Gasteiger partial charge in [0.25, 0.3) is 0 Å². The van der Waals surface area contributed by atoms with Gasteiger partial charge < -0.3 is 4.57 Å². The van der Waals surface area contributed by atoms with Crippen molar-refractivity contribution in [2.45, 2.75) is 6.54 Å². The van der Waals surface area contributed by atoms with Crippen LogP contribution in [0.4, 0.5) is 4.39 Å². The van der Waals surface area contributed by atoms with Gasteiger partial charge in [-0.3, -0.25) is 0 Å². The molecule has 3 heteroatoms. The molecule has 0 saturated carbocycles. The molecule has 0 atom stereocenters. The molecule has 0 fully saturated rings. The van der Waals surface area contributed by atoms with E-state index in [1.165, 1.54) is 11.5 Å². The summed E-state index contributed by atoms with van der Waals surface area (Å²) >= 11 is 5.79. The second-order valence-corrected chi connectivity index (χ2v) is 4.66. The van der Waals surface area contributed by atoms with Gasteiger partial charge in [-0.1, -0.05) is 35.9 Å². The molecule has 1 aromatic heterocycles. The van der Waals surface area contributed by atoms with Crippen molar-refractivity contribution in [1.29, 1.82) is 0 Å². The van der Waals surface area contributed by atoms with Crippen LogP contribution in [0.25, 0.3) is 10.9 Å². The highest BCUT2D eigenvalue weighted by Gasteiger charge is 2.04. The molecule has 0 aliphatic carbocycles. The van der Waals surface area contributed by atoms with E-state index in [0.29, 0.717) is 6.54 Å². The second-order valence-electron chi connectivity index (χ2n) is 4.25. The number of benzene rings is 2. The van der Waals surface area contributed by atoms with Gasteiger partial charge in [0.1, 0.15) is 5.82 Å². The van der Waals surface area contributed by atoms with E-state index < -0.39 is 0 Å². The summed E-state index contributed by atoms with van der Waals surface area (Å²) in [7, 11) is 0. The molecule has 0 amide bonds. The predicted octanol–water partition coefficient (Wildman–Crippen LogP) is 4.48. The third kappa shape index (κ3) is 2.00. The topological polar surface area (TPSA) is 4.93 Å². The summed E-state index contributed by atoms with van der Waals surface area (Å²) in [5.74, 6) is -0.377. The largest absolute Gasteiger partial charge is 0.343 e. The fourth-order valence-corrected chi connectivity index (χ4v) is 2.32. The van der Waals surface area contributed by atoms with Crippen LogP contribution in [0.15, 0.2) is 54.7 Å². The lowest BCUT2D eigenvalue weighted by Gasteiger charge is -2.06. The Hall–Kier alpha value is -1.80. The summed E-state index contributed by atoms with van der Waals surface area (Å²) < 4.78 is 15.2. The quantitative estimate of drug-likeness (QED) is 0.639. The Bertz CT molecular complexity index is 703. The van der Waals surface area contributed by atoms with E-state index in [4.69, 9.17) is 11.6 Å². The maximum atomic E-state index is 13.1. The number of hydrogen-bond donors (Lipinski definition) is 0. The van der Waals surface area contributed by atoms with Crippen molar-refractivity contribution >= 4 is 22.5 Å². The molecule has 0 bridgehead atoms. The Morgan fingerprint density at radius 3 is 2.72 bits per heavy atom. The third-order valence-electron chi connectivity index (χ3n) is 3.02. The molecule has 0 unspecified atom stereocenters. The van der Waals surface area contributed by atoms with Gasteiger partial charge in [0.05, 0.1) is 5.02 Å². The Morgan fingerprint density at radius 2 is 1.89 bits per heavy atom. The second kappa shape index (κ2) is 4.46. The molecule has 1 nitrogen and oxygen atoms in total. The van der Waals surface area contributed by atoms with Crippen LogP contribution < -0.4 is 0 Å². The molecular formula is C15H11ClFN. The summed E-state index contributed by atoms with van der Waals surface area (Å²) in [6.07, 6.45) is 2.03. The standard InChI is InChI=1S/C15H11ClFN/c16-13-9-11(5-6-14(13)17)10-18-8-7-12-3-1-2-4-15(12)18/h1-9H,10H2. The zero-order valence-electron chi connectivity index (χ0n) is 9.61. The van der Waals surface area contributed by atoms with Crippen molar-refractivity contribution in [3.8, 4) is 0 Å². The fourth-order valence-electron chi connectivity index (χ4n) is 2.11. The predicted molar refractivity (Wildman–Crippen MR) is 72.5 cm³/mol. The highest BCUT2D eigenvalue weighted by molar-refractivity contribution is 6.30. The average Bonchev–Trinajstić information content (AvgIpc) is 2.78. The molecule has 0 saturated heterocycles. The molecule has 0 spiro atoms. The number of fused-ring (bicyclic) bond motifs is 1. The highest BCUT2D eigenvalue weighted by atomic mass is 35.5. The van der Waals surface area contributed by atoms with Gasteiger partial charge in [0.15, 0.2) is 0 Å². The number of para-hydroxylation sites is 1. The van der Waals surface area contributed by atoms with Crippen molar-refractivity contribution in [2.24, 2.45) is 0 Å². The van der Waals surface area contributed by atoms with Crippen LogP contribution in [0.1, 0.15) is 5.56 Å². The lowest BCUT2D eigenvalue weighted by Crippen LogP contribution is -1.98. The van der Waals surface area contributed by atoms with Crippen molar-refractivity contribution in [3.05, 3.63) is 71.1 Å².